The van der Waals surface area contributed by atoms with Crippen LogP contribution in [0.3, 0.4) is 0 Å². The van der Waals surface area contributed by atoms with Gasteiger partial charge in [0.1, 0.15) is 11.7 Å². The SMILES string of the molecule is Fc1cccc(CNC2=Nc3ccccc3NC23CCSCC3)c1. The molecule has 0 unspecified atom stereocenters. The van der Waals surface area contributed by atoms with Gasteiger partial charge >= 0.3 is 0 Å². The third-order valence-electron chi connectivity index (χ3n) is 4.66. The Bertz CT molecular complexity index is 769. The summed E-state index contributed by atoms with van der Waals surface area (Å²) in [6.07, 6.45) is 2.09. The summed E-state index contributed by atoms with van der Waals surface area (Å²) >= 11 is 1.99. The van der Waals surface area contributed by atoms with Crippen molar-refractivity contribution in [1.29, 1.82) is 0 Å². The lowest BCUT2D eigenvalue weighted by Crippen LogP contribution is -2.55. The molecule has 2 heterocycles. The molecule has 1 spiro atoms. The van der Waals surface area contributed by atoms with Gasteiger partial charge in [-0.1, -0.05) is 24.3 Å². The molecule has 0 amide bonds. The maximum absolute atomic E-state index is 13.4. The molecule has 0 bridgehead atoms. The Hall–Kier alpha value is -2.01. The highest BCUT2D eigenvalue weighted by Gasteiger charge is 2.40. The van der Waals surface area contributed by atoms with Gasteiger partial charge in [-0.2, -0.15) is 11.8 Å². The average Bonchev–Trinajstić information content (AvgIpc) is 2.61. The highest BCUT2D eigenvalue weighted by molar-refractivity contribution is 7.99. The van der Waals surface area contributed by atoms with E-state index in [0.29, 0.717) is 6.54 Å². The number of nitrogens with zero attached hydrogens (tertiary/aromatic N) is 1. The van der Waals surface area contributed by atoms with E-state index in [9.17, 15) is 4.39 Å². The second-order valence-corrected chi connectivity index (χ2v) is 7.51. The van der Waals surface area contributed by atoms with Gasteiger partial charge in [-0.25, -0.2) is 9.38 Å². The Morgan fingerprint density at radius 1 is 1.12 bits per heavy atom. The van der Waals surface area contributed by atoms with E-state index in [0.717, 1.165) is 47.1 Å². The molecular formula is C19H20FN3S. The van der Waals surface area contributed by atoms with E-state index in [1.807, 2.05) is 36.0 Å². The lowest BCUT2D eigenvalue weighted by atomic mass is 9.88. The van der Waals surface area contributed by atoms with Gasteiger partial charge in [0.15, 0.2) is 0 Å². The van der Waals surface area contributed by atoms with E-state index in [-0.39, 0.29) is 11.4 Å². The summed E-state index contributed by atoms with van der Waals surface area (Å²) in [6, 6.07) is 14.9. The molecule has 0 saturated carbocycles. The number of rotatable bonds is 2. The fourth-order valence-corrected chi connectivity index (χ4v) is 4.53. The Morgan fingerprint density at radius 3 is 2.79 bits per heavy atom. The van der Waals surface area contributed by atoms with Crippen LogP contribution in [0.15, 0.2) is 53.5 Å². The van der Waals surface area contributed by atoms with Crippen LogP contribution < -0.4 is 10.6 Å². The molecule has 1 saturated heterocycles. The van der Waals surface area contributed by atoms with E-state index in [2.05, 4.69) is 16.7 Å². The van der Waals surface area contributed by atoms with Crippen LogP contribution in [0.25, 0.3) is 0 Å². The predicted molar refractivity (Wildman–Crippen MR) is 99.7 cm³/mol. The zero-order chi connectivity index (χ0) is 16.4. The molecule has 0 aliphatic carbocycles. The normalized spacial score (nSPS) is 18.5. The summed E-state index contributed by atoms with van der Waals surface area (Å²) in [4.78, 5) is 4.90. The number of fused-ring (bicyclic) bond motifs is 1. The summed E-state index contributed by atoms with van der Waals surface area (Å²) in [5, 5.41) is 7.21. The number of nitrogens with one attached hydrogen (secondary N) is 2. The largest absolute Gasteiger partial charge is 0.371 e. The van der Waals surface area contributed by atoms with Crippen LogP contribution in [0.5, 0.6) is 0 Å². The zero-order valence-electron chi connectivity index (χ0n) is 13.4. The number of amidine groups is 1. The van der Waals surface area contributed by atoms with E-state index < -0.39 is 0 Å². The minimum absolute atomic E-state index is 0.132. The Labute approximate surface area is 145 Å². The number of thioether (sulfide) groups is 1. The first-order valence-corrected chi connectivity index (χ1v) is 9.43. The van der Waals surface area contributed by atoms with E-state index >= 15 is 0 Å². The molecule has 1 fully saturated rings. The maximum Gasteiger partial charge on any atom is 0.128 e. The van der Waals surface area contributed by atoms with Crippen LogP contribution in [0.4, 0.5) is 15.8 Å². The van der Waals surface area contributed by atoms with Gasteiger partial charge in [0.2, 0.25) is 0 Å². The quantitative estimate of drug-likeness (QED) is 0.853. The van der Waals surface area contributed by atoms with Crippen LogP contribution >= 0.6 is 11.8 Å². The van der Waals surface area contributed by atoms with Crippen molar-refractivity contribution in [2.75, 3.05) is 16.8 Å². The number of benzene rings is 2. The van der Waals surface area contributed by atoms with Crippen LogP contribution in [0, 0.1) is 5.82 Å². The van der Waals surface area contributed by atoms with E-state index in [4.69, 9.17) is 4.99 Å². The monoisotopic (exact) mass is 341 g/mol. The Balaban J connectivity index is 1.63. The number of hydrogen-bond donors (Lipinski definition) is 2. The fraction of sp³-hybridized carbons (Fsp3) is 0.316. The topological polar surface area (TPSA) is 36.4 Å². The molecule has 0 atom stereocenters. The summed E-state index contributed by atoms with van der Waals surface area (Å²) < 4.78 is 13.4. The van der Waals surface area contributed by atoms with Crippen molar-refractivity contribution in [3.8, 4) is 0 Å². The van der Waals surface area contributed by atoms with Gasteiger partial charge in [-0.3, -0.25) is 0 Å². The number of para-hydroxylation sites is 2. The Kier molecular flexibility index (Phi) is 4.19. The highest BCUT2D eigenvalue weighted by atomic mass is 32.2. The standard InChI is InChI=1S/C19H20FN3S/c20-15-5-3-4-14(12-15)13-21-18-19(8-10-24-11-9-19)23-17-7-2-1-6-16(17)22-18/h1-7,12,23H,8-11,13H2,(H,21,22). The summed E-state index contributed by atoms with van der Waals surface area (Å²) in [6.45, 7) is 0.579. The van der Waals surface area contributed by atoms with Crippen LogP contribution in [-0.4, -0.2) is 22.9 Å². The third-order valence-corrected chi connectivity index (χ3v) is 5.64. The second kappa shape index (κ2) is 6.48. The average molecular weight is 341 g/mol. The number of anilines is 1. The van der Waals surface area contributed by atoms with Gasteiger partial charge < -0.3 is 10.6 Å². The second-order valence-electron chi connectivity index (χ2n) is 6.28. The van der Waals surface area contributed by atoms with Crippen molar-refractivity contribution in [1.82, 2.24) is 5.32 Å². The maximum atomic E-state index is 13.4. The zero-order valence-corrected chi connectivity index (χ0v) is 14.2. The van der Waals surface area contributed by atoms with Gasteiger partial charge in [0.25, 0.3) is 0 Å². The molecule has 2 N–H and O–H groups in total. The molecule has 3 nitrogen and oxygen atoms in total. The molecule has 0 radical (unpaired) electrons. The first kappa shape index (κ1) is 15.5. The lowest BCUT2D eigenvalue weighted by molar-refractivity contribution is 0.543. The molecule has 2 aromatic rings. The number of aliphatic imine (C=N–C) groups is 1. The highest BCUT2D eigenvalue weighted by Crippen LogP contribution is 2.39. The van der Waals surface area contributed by atoms with Crippen LogP contribution in [0.2, 0.25) is 0 Å². The molecule has 0 aromatic heterocycles. The fourth-order valence-electron chi connectivity index (χ4n) is 3.34. The van der Waals surface area contributed by atoms with Crippen LogP contribution in [-0.2, 0) is 6.54 Å². The van der Waals surface area contributed by atoms with E-state index in [1.165, 1.54) is 6.07 Å². The first-order chi connectivity index (χ1) is 11.8. The minimum Gasteiger partial charge on any atom is -0.371 e. The Morgan fingerprint density at radius 2 is 1.96 bits per heavy atom. The summed E-state index contributed by atoms with van der Waals surface area (Å²) in [7, 11) is 0. The van der Waals surface area contributed by atoms with Gasteiger partial charge in [0.05, 0.1) is 16.9 Å². The number of hydrogen-bond acceptors (Lipinski definition) is 4. The molecular weight excluding hydrogens is 321 g/mol. The van der Waals surface area contributed by atoms with Gasteiger partial charge in [-0.15, -0.1) is 0 Å². The van der Waals surface area contributed by atoms with Gasteiger partial charge in [0, 0.05) is 6.54 Å². The molecule has 24 heavy (non-hydrogen) atoms. The van der Waals surface area contributed by atoms with Crippen molar-refractivity contribution in [2.24, 2.45) is 4.99 Å². The summed E-state index contributed by atoms with van der Waals surface area (Å²) in [5.41, 5.74) is 2.85. The molecule has 124 valence electrons. The minimum atomic E-state index is -0.202. The third kappa shape index (κ3) is 3.00. The first-order valence-electron chi connectivity index (χ1n) is 8.28. The predicted octanol–water partition coefficient (Wildman–Crippen LogP) is 4.34. The lowest BCUT2D eigenvalue weighted by Gasteiger charge is -2.42. The van der Waals surface area contributed by atoms with Crippen molar-refractivity contribution >= 4 is 29.0 Å². The van der Waals surface area contributed by atoms with Crippen molar-refractivity contribution in [3.63, 3.8) is 0 Å². The summed E-state index contributed by atoms with van der Waals surface area (Å²) in [5.74, 6) is 3.02. The van der Waals surface area contributed by atoms with Crippen LogP contribution in [0.1, 0.15) is 18.4 Å². The smallest absolute Gasteiger partial charge is 0.128 e. The molecule has 2 aliphatic heterocycles. The van der Waals surface area contributed by atoms with Crippen molar-refractivity contribution < 1.29 is 4.39 Å². The van der Waals surface area contributed by atoms with Gasteiger partial charge in [-0.05, 0) is 54.2 Å². The molecule has 2 aliphatic rings. The van der Waals surface area contributed by atoms with Crippen molar-refractivity contribution in [2.45, 2.75) is 24.9 Å². The number of halogens is 1. The molecule has 5 heteroatoms. The van der Waals surface area contributed by atoms with E-state index in [1.54, 1.807) is 12.1 Å². The van der Waals surface area contributed by atoms with Crippen molar-refractivity contribution in [3.05, 3.63) is 59.9 Å². The molecule has 2 aromatic carbocycles. The molecule has 4 rings (SSSR count).